The third-order valence-corrected chi connectivity index (χ3v) is 2.02. The lowest BCUT2D eigenvalue weighted by Crippen LogP contribution is -2.24. The van der Waals surface area contributed by atoms with E-state index in [4.69, 9.17) is 10.2 Å². The number of hydrogen-bond donors (Lipinski definition) is 3. The maximum absolute atomic E-state index is 10.5. The molecule has 1 aromatic carbocycles. The van der Waals surface area contributed by atoms with E-state index >= 15 is 0 Å². The SMILES string of the molecule is O=C(O)C(=NNc1cccc(Br)c1)C(=O)O. The third-order valence-electron chi connectivity index (χ3n) is 1.53. The van der Waals surface area contributed by atoms with Crippen LogP contribution in [0.25, 0.3) is 0 Å². The summed E-state index contributed by atoms with van der Waals surface area (Å²) >= 11 is 3.21. The van der Waals surface area contributed by atoms with Crippen LogP contribution >= 0.6 is 15.9 Å². The summed E-state index contributed by atoms with van der Waals surface area (Å²) in [5, 5.41) is 20.3. The Kier molecular flexibility index (Phi) is 4.01. The molecule has 0 aliphatic carbocycles. The summed E-state index contributed by atoms with van der Waals surface area (Å²) in [6, 6.07) is 6.72. The van der Waals surface area contributed by atoms with Crippen molar-refractivity contribution < 1.29 is 19.8 Å². The van der Waals surface area contributed by atoms with E-state index in [1.165, 1.54) is 0 Å². The minimum absolute atomic E-state index is 0.481. The molecular weight excluding hydrogens is 280 g/mol. The van der Waals surface area contributed by atoms with Crippen LogP contribution < -0.4 is 5.43 Å². The number of benzene rings is 1. The maximum atomic E-state index is 10.5. The van der Waals surface area contributed by atoms with Crippen LogP contribution in [0.5, 0.6) is 0 Å². The highest BCUT2D eigenvalue weighted by Gasteiger charge is 2.18. The van der Waals surface area contributed by atoms with Gasteiger partial charge in [0.15, 0.2) is 0 Å². The molecule has 0 fully saturated rings. The first-order chi connectivity index (χ1) is 7.50. The lowest BCUT2D eigenvalue weighted by atomic mass is 10.3. The summed E-state index contributed by atoms with van der Waals surface area (Å²) in [5.74, 6) is -3.20. The molecule has 16 heavy (non-hydrogen) atoms. The molecule has 0 heterocycles. The molecule has 0 spiro atoms. The number of nitrogens with one attached hydrogen (secondary N) is 1. The van der Waals surface area contributed by atoms with Crippen LogP contribution in [0.4, 0.5) is 5.69 Å². The summed E-state index contributed by atoms with van der Waals surface area (Å²) in [6.07, 6.45) is 0. The molecule has 0 aromatic heterocycles. The van der Waals surface area contributed by atoms with Gasteiger partial charge in [0.1, 0.15) is 0 Å². The van der Waals surface area contributed by atoms with Crippen LogP contribution in [0, 0.1) is 0 Å². The number of nitrogens with zero attached hydrogens (tertiary/aromatic N) is 1. The molecule has 0 unspecified atom stereocenters. The zero-order chi connectivity index (χ0) is 12.1. The van der Waals surface area contributed by atoms with Gasteiger partial charge in [0.2, 0.25) is 0 Å². The lowest BCUT2D eigenvalue weighted by Gasteiger charge is -2.01. The summed E-state index contributed by atoms with van der Waals surface area (Å²) in [4.78, 5) is 20.9. The van der Waals surface area contributed by atoms with Gasteiger partial charge in [-0.3, -0.25) is 5.43 Å². The fourth-order valence-electron chi connectivity index (χ4n) is 0.866. The average Bonchev–Trinajstić information content (AvgIpc) is 2.16. The van der Waals surface area contributed by atoms with Gasteiger partial charge in [0, 0.05) is 4.47 Å². The molecule has 0 atom stereocenters. The molecule has 1 aromatic rings. The number of rotatable bonds is 4. The zero-order valence-corrected chi connectivity index (χ0v) is 9.43. The quantitative estimate of drug-likeness (QED) is 0.441. The number of carboxylic acids is 2. The first-order valence-corrected chi connectivity index (χ1v) is 4.86. The van der Waals surface area contributed by atoms with E-state index in [0.29, 0.717) is 5.69 Å². The molecule has 7 heteroatoms. The average molecular weight is 287 g/mol. The van der Waals surface area contributed by atoms with Crippen molar-refractivity contribution >= 4 is 39.3 Å². The number of carboxylic acid groups (broad SMARTS) is 2. The Balaban J connectivity index is 2.85. The number of aliphatic carboxylic acids is 2. The molecule has 6 nitrogen and oxygen atoms in total. The zero-order valence-electron chi connectivity index (χ0n) is 7.85. The van der Waals surface area contributed by atoms with Gasteiger partial charge in [-0.25, -0.2) is 9.59 Å². The van der Waals surface area contributed by atoms with E-state index < -0.39 is 17.7 Å². The maximum Gasteiger partial charge on any atom is 0.364 e. The molecule has 0 aliphatic heterocycles. The van der Waals surface area contributed by atoms with Crippen LogP contribution in [-0.2, 0) is 9.59 Å². The summed E-state index contributed by atoms with van der Waals surface area (Å²) in [7, 11) is 0. The second-order valence-corrected chi connectivity index (χ2v) is 3.61. The Hall–Kier alpha value is -1.89. The Labute approximate surface area is 98.7 Å². The molecule has 3 N–H and O–H groups in total. The van der Waals surface area contributed by atoms with Gasteiger partial charge < -0.3 is 10.2 Å². The van der Waals surface area contributed by atoms with Gasteiger partial charge in [0.05, 0.1) is 5.69 Å². The largest absolute Gasteiger partial charge is 0.476 e. The normalized spacial score (nSPS) is 9.31. The van der Waals surface area contributed by atoms with E-state index in [1.54, 1.807) is 24.3 Å². The van der Waals surface area contributed by atoms with Gasteiger partial charge in [-0.15, -0.1) is 0 Å². The number of halogens is 1. The highest BCUT2D eigenvalue weighted by Crippen LogP contribution is 2.15. The van der Waals surface area contributed by atoms with Crippen LogP contribution in [-0.4, -0.2) is 27.9 Å². The molecule has 0 saturated heterocycles. The second kappa shape index (κ2) is 5.26. The highest BCUT2D eigenvalue weighted by atomic mass is 79.9. The van der Waals surface area contributed by atoms with Crippen molar-refractivity contribution in [1.82, 2.24) is 0 Å². The van der Waals surface area contributed by atoms with Gasteiger partial charge in [0.25, 0.3) is 5.71 Å². The van der Waals surface area contributed by atoms with Crippen molar-refractivity contribution in [2.45, 2.75) is 0 Å². The van der Waals surface area contributed by atoms with E-state index in [0.717, 1.165) is 4.47 Å². The topological polar surface area (TPSA) is 99.0 Å². The first-order valence-electron chi connectivity index (χ1n) is 4.06. The van der Waals surface area contributed by atoms with Crippen molar-refractivity contribution in [2.24, 2.45) is 5.10 Å². The first kappa shape index (κ1) is 12.2. The molecule has 84 valence electrons. The van der Waals surface area contributed by atoms with Crippen LogP contribution in [0.1, 0.15) is 0 Å². The van der Waals surface area contributed by atoms with E-state index in [-0.39, 0.29) is 0 Å². The monoisotopic (exact) mass is 286 g/mol. The van der Waals surface area contributed by atoms with E-state index in [1.807, 2.05) is 0 Å². The van der Waals surface area contributed by atoms with Crippen LogP contribution in [0.15, 0.2) is 33.8 Å². The highest BCUT2D eigenvalue weighted by molar-refractivity contribution is 9.10. The van der Waals surface area contributed by atoms with Crippen LogP contribution in [0.2, 0.25) is 0 Å². The standard InChI is InChI=1S/C9H7BrN2O4/c10-5-2-1-3-6(4-5)11-12-7(8(13)14)9(15)16/h1-4,11H,(H,13,14)(H,15,16). The lowest BCUT2D eigenvalue weighted by molar-refractivity contribution is -0.134. The fourth-order valence-corrected chi connectivity index (χ4v) is 1.26. The molecule has 0 aliphatic rings. The molecule has 1 rings (SSSR count). The van der Waals surface area contributed by atoms with E-state index in [2.05, 4.69) is 26.5 Å². The summed E-state index contributed by atoms with van der Waals surface area (Å²) in [5.41, 5.74) is 1.85. The Morgan fingerprint density at radius 3 is 2.38 bits per heavy atom. The second-order valence-electron chi connectivity index (χ2n) is 2.69. The van der Waals surface area contributed by atoms with Gasteiger partial charge in [-0.2, -0.15) is 5.10 Å². The van der Waals surface area contributed by atoms with Crippen LogP contribution in [0.3, 0.4) is 0 Å². The van der Waals surface area contributed by atoms with Crippen molar-refractivity contribution in [1.29, 1.82) is 0 Å². The predicted octanol–water partition coefficient (Wildman–Crippen LogP) is 1.39. The smallest absolute Gasteiger partial charge is 0.364 e. The predicted molar refractivity (Wildman–Crippen MR) is 60.5 cm³/mol. The molecule has 0 radical (unpaired) electrons. The Bertz CT molecular complexity index is 443. The summed E-state index contributed by atoms with van der Waals surface area (Å²) in [6.45, 7) is 0. The minimum atomic E-state index is -1.60. The van der Waals surface area contributed by atoms with Crippen molar-refractivity contribution in [3.8, 4) is 0 Å². The van der Waals surface area contributed by atoms with E-state index in [9.17, 15) is 9.59 Å². The number of hydrazone groups is 1. The molecule has 0 amide bonds. The Morgan fingerprint density at radius 1 is 1.25 bits per heavy atom. The van der Waals surface area contributed by atoms with Crippen molar-refractivity contribution in [3.05, 3.63) is 28.7 Å². The molecule has 0 bridgehead atoms. The molecule has 0 saturated carbocycles. The minimum Gasteiger partial charge on any atom is -0.476 e. The van der Waals surface area contributed by atoms with Gasteiger partial charge in [-0.1, -0.05) is 22.0 Å². The number of hydrogen-bond acceptors (Lipinski definition) is 4. The Morgan fingerprint density at radius 2 is 1.88 bits per heavy atom. The van der Waals surface area contributed by atoms with Crippen molar-refractivity contribution in [2.75, 3.05) is 5.43 Å². The van der Waals surface area contributed by atoms with Crippen molar-refractivity contribution in [3.63, 3.8) is 0 Å². The summed E-state index contributed by atoms with van der Waals surface area (Å²) < 4.78 is 0.764. The van der Waals surface area contributed by atoms with Gasteiger partial charge >= 0.3 is 11.9 Å². The number of carbonyl (C=O) groups is 2. The third kappa shape index (κ3) is 3.35. The fraction of sp³-hybridized carbons (Fsp3) is 0. The number of anilines is 1. The van der Waals surface area contributed by atoms with Gasteiger partial charge in [-0.05, 0) is 18.2 Å². The molecular formula is C9H7BrN2O4.